The molecule has 7 heterocycles. The van der Waals surface area contributed by atoms with Crippen molar-refractivity contribution in [3.63, 3.8) is 0 Å². The van der Waals surface area contributed by atoms with Crippen LogP contribution in [-0.4, -0.2) is 28.5 Å². The van der Waals surface area contributed by atoms with E-state index in [1.165, 1.54) is 149 Å². The first kappa shape index (κ1) is 49.5. The van der Waals surface area contributed by atoms with Gasteiger partial charge in [0, 0.05) is 54.9 Å². The number of rotatable bonds is 3. The van der Waals surface area contributed by atoms with Crippen LogP contribution in [0.3, 0.4) is 0 Å². The van der Waals surface area contributed by atoms with Crippen LogP contribution in [0.2, 0.25) is 0 Å². The molecule has 5 heteroatoms. The van der Waals surface area contributed by atoms with Crippen molar-refractivity contribution in [2.75, 3.05) is 0 Å². The van der Waals surface area contributed by atoms with Gasteiger partial charge in [0.1, 0.15) is 0 Å². The fourth-order valence-corrected chi connectivity index (χ4v) is 21.4. The van der Waals surface area contributed by atoms with Crippen molar-refractivity contribution in [2.24, 2.45) is 0 Å². The Morgan fingerprint density at radius 3 is 1.57 bits per heavy atom. The molecule has 0 unspecified atom stereocenters. The van der Waals surface area contributed by atoms with E-state index >= 15 is 0 Å². The fraction of sp³-hybridized carbons (Fsp3) is 0.289. The van der Waals surface area contributed by atoms with Crippen LogP contribution in [0, 0.1) is 0 Å². The molecule has 0 aliphatic carbocycles. The monoisotopic (exact) mass is 1070 g/mol. The summed E-state index contributed by atoms with van der Waals surface area (Å²) in [7, 11) is -3.23. The van der Waals surface area contributed by atoms with Gasteiger partial charge in [0.15, 0.2) is 8.07 Å². The quantitative estimate of drug-likeness (QED) is 0.157. The van der Waals surface area contributed by atoms with Crippen LogP contribution in [0.25, 0.3) is 93.6 Å². The van der Waals surface area contributed by atoms with Crippen molar-refractivity contribution in [3.8, 4) is 28.2 Å². The first-order chi connectivity index (χ1) is 38.4. The van der Waals surface area contributed by atoms with Crippen LogP contribution in [0.4, 0.5) is 0 Å². The Bertz CT molecular complexity index is 4790. The Morgan fingerprint density at radius 2 is 0.951 bits per heavy atom. The number of fused-ring (bicyclic) bond motifs is 18. The summed E-state index contributed by atoms with van der Waals surface area (Å²) in [6.07, 6.45) is 0. The normalized spacial score (nSPS) is 15.0. The number of hydrogen-bond acceptors (Lipinski definition) is 0. The Kier molecular flexibility index (Phi) is 9.53. The average Bonchev–Trinajstić information content (AvgIpc) is 2.70. The van der Waals surface area contributed by atoms with Gasteiger partial charge < -0.3 is 13.7 Å². The van der Waals surface area contributed by atoms with Gasteiger partial charge in [0.05, 0.1) is 27.6 Å². The van der Waals surface area contributed by atoms with Crippen LogP contribution < -0.4 is 37.1 Å². The fourth-order valence-electron chi connectivity index (χ4n) is 15.8. The highest BCUT2D eigenvalue weighted by molar-refractivity contribution is 7.24. The zero-order valence-corrected chi connectivity index (χ0v) is 51.4. The molecule has 0 fully saturated rings. The first-order valence-corrected chi connectivity index (χ1v) is 32.2. The van der Waals surface area contributed by atoms with E-state index in [0.29, 0.717) is 11.8 Å². The summed E-state index contributed by atoms with van der Waals surface area (Å²) in [5.41, 5.74) is 27.2. The van der Waals surface area contributed by atoms with Crippen molar-refractivity contribution in [1.82, 2.24) is 13.7 Å². The molecule has 3 aromatic heterocycles. The lowest BCUT2D eigenvalue weighted by atomic mass is 9.33. The van der Waals surface area contributed by atoms with Crippen molar-refractivity contribution in [2.45, 2.75) is 144 Å². The third kappa shape index (κ3) is 6.21. The molecule has 0 amide bonds. The van der Waals surface area contributed by atoms with Crippen LogP contribution in [0.1, 0.15) is 156 Å². The molecule has 0 atom stereocenters. The summed E-state index contributed by atoms with van der Waals surface area (Å²) in [5, 5.41) is 14.3. The van der Waals surface area contributed by atoms with E-state index in [1.807, 2.05) is 0 Å². The highest BCUT2D eigenvalue weighted by atomic mass is 28.3. The molecule has 0 bridgehead atoms. The zero-order chi connectivity index (χ0) is 56.3. The third-order valence-electron chi connectivity index (χ3n) is 20.2. The number of benzene rings is 9. The maximum atomic E-state index is 2.87. The summed E-state index contributed by atoms with van der Waals surface area (Å²) in [5.74, 6) is 0.746. The summed E-state index contributed by atoms with van der Waals surface area (Å²) >= 11 is 0. The lowest BCUT2D eigenvalue weighted by molar-refractivity contribution is 0.590. The maximum absolute atomic E-state index is 3.23. The van der Waals surface area contributed by atoms with Crippen molar-refractivity contribution >= 4 is 117 Å². The van der Waals surface area contributed by atoms with Gasteiger partial charge in [-0.3, -0.25) is 0 Å². The highest BCUT2D eigenvalue weighted by Gasteiger charge is 2.57. The van der Waals surface area contributed by atoms with Gasteiger partial charge in [-0.05, 0) is 170 Å². The maximum Gasteiger partial charge on any atom is 0.253 e. The minimum absolute atomic E-state index is 0.0469. The Labute approximate surface area is 479 Å². The van der Waals surface area contributed by atoms with Crippen LogP contribution in [0.15, 0.2) is 146 Å². The molecular weight excluding hydrogens is 994 g/mol. The SMILES string of the molecule is CC(C)c1ccc2c(c1)c1c3c4c(cc1n2-c1ccccc1)c1ccc(C(C)C)cc1n4-c1ccc2c4c1B3c1cc(C(C)(C)C)cc3c5cc(C(C)(C)C)cc(c5n-4c13)[Si]21c2cc(C(C)(C)C)ccc2-c2ccc(C(C)(C)C)cc21. The van der Waals surface area contributed by atoms with Crippen molar-refractivity contribution in [1.29, 1.82) is 0 Å². The molecule has 0 N–H and O–H groups in total. The van der Waals surface area contributed by atoms with Gasteiger partial charge >= 0.3 is 0 Å². The van der Waals surface area contributed by atoms with Gasteiger partial charge in [0.2, 0.25) is 0 Å². The topological polar surface area (TPSA) is 14.8 Å². The standard InChI is InChI=1S/C76H74BN3Si/c1-41(2)43-23-29-58-56(32-43)66-61(78(58)49-20-18-17-19-21-49)40-55-50-26-22-44(42(3)4)33-60(50)79-59-30-31-62-72-67(59)77(68(66)71(55)79)57-36-47(75(11,12)13)34-53-54-35-48(76(14,15)16)39-65(70(54)80(72)69(53)57)81(62)63-37-45(73(5,6)7)24-27-51(63)52-28-25-46(38-64(52)81)74(8,9)10/h17-42H,1-16H3. The van der Waals surface area contributed by atoms with E-state index in [9.17, 15) is 0 Å². The van der Waals surface area contributed by atoms with Gasteiger partial charge in [-0.25, -0.2) is 0 Å². The lowest BCUT2D eigenvalue weighted by Crippen LogP contribution is -2.77. The average molecular weight is 1070 g/mol. The van der Waals surface area contributed by atoms with E-state index in [4.69, 9.17) is 0 Å². The minimum atomic E-state index is -3.23. The minimum Gasteiger partial charge on any atom is -0.310 e. The molecule has 0 saturated carbocycles. The highest BCUT2D eigenvalue weighted by Crippen LogP contribution is 2.48. The molecule has 400 valence electrons. The Balaban J connectivity index is 1.20. The van der Waals surface area contributed by atoms with E-state index in [1.54, 1.807) is 15.6 Å². The molecule has 3 nitrogen and oxygen atoms in total. The summed E-state index contributed by atoms with van der Waals surface area (Å²) in [6.45, 7) is 38.4. The van der Waals surface area contributed by atoms with Gasteiger partial charge in [-0.15, -0.1) is 0 Å². The third-order valence-corrected chi connectivity index (χ3v) is 25.0. The molecule has 0 saturated heterocycles. The Morgan fingerprint density at radius 1 is 0.383 bits per heavy atom. The number of nitrogens with zero attached hydrogens (tertiary/aromatic N) is 3. The largest absolute Gasteiger partial charge is 0.310 e. The number of hydrogen-bond donors (Lipinski definition) is 0. The Hall–Kier alpha value is -7.34. The van der Waals surface area contributed by atoms with Crippen LogP contribution in [0.5, 0.6) is 0 Å². The van der Waals surface area contributed by atoms with Crippen LogP contribution >= 0.6 is 0 Å². The molecule has 4 aliphatic rings. The zero-order valence-electron chi connectivity index (χ0n) is 50.4. The second-order valence-corrected chi connectivity index (χ2v) is 33.4. The van der Waals surface area contributed by atoms with E-state index in [0.717, 1.165) is 0 Å². The molecule has 81 heavy (non-hydrogen) atoms. The second kappa shape index (κ2) is 15.6. The molecule has 1 spiro atoms. The molecule has 0 radical (unpaired) electrons. The van der Waals surface area contributed by atoms with E-state index < -0.39 is 8.07 Å². The predicted molar refractivity (Wildman–Crippen MR) is 353 cm³/mol. The molecule has 12 aromatic rings. The first-order valence-electron chi connectivity index (χ1n) is 30.2. The molecular formula is C76H74BN3Si. The van der Waals surface area contributed by atoms with Gasteiger partial charge in [0.25, 0.3) is 6.71 Å². The summed E-state index contributed by atoms with van der Waals surface area (Å²) in [4.78, 5) is 0. The predicted octanol–water partition coefficient (Wildman–Crippen LogP) is 15.2. The van der Waals surface area contributed by atoms with Gasteiger partial charge in [-0.1, -0.05) is 202 Å². The summed E-state index contributed by atoms with van der Waals surface area (Å²) < 4.78 is 8.24. The van der Waals surface area contributed by atoms with Gasteiger partial charge in [-0.2, -0.15) is 0 Å². The molecule has 9 aromatic carbocycles. The molecule has 4 aliphatic heterocycles. The second-order valence-electron chi connectivity index (χ2n) is 29.8. The van der Waals surface area contributed by atoms with E-state index in [2.05, 4.69) is 270 Å². The van der Waals surface area contributed by atoms with Crippen molar-refractivity contribution < 1.29 is 0 Å². The lowest BCUT2D eigenvalue weighted by Gasteiger charge is -2.43. The molecule has 16 rings (SSSR count). The van der Waals surface area contributed by atoms with Crippen LogP contribution in [-0.2, 0) is 21.7 Å². The van der Waals surface area contributed by atoms with E-state index in [-0.39, 0.29) is 28.4 Å². The summed E-state index contributed by atoms with van der Waals surface area (Å²) in [6, 6.07) is 60.0. The number of aromatic nitrogens is 3. The smallest absolute Gasteiger partial charge is 0.253 e. The van der Waals surface area contributed by atoms with Crippen molar-refractivity contribution in [3.05, 3.63) is 179 Å². The number of para-hydroxylation sites is 1.